The largest absolute Gasteiger partial charge is 0.357 e. The predicted molar refractivity (Wildman–Crippen MR) is 66.6 cm³/mol. The van der Waals surface area contributed by atoms with Gasteiger partial charge in [-0.2, -0.15) is 10.2 Å². The van der Waals surface area contributed by atoms with E-state index in [-0.39, 0.29) is 0 Å². The molecule has 2 rings (SSSR count). The molecule has 0 radical (unpaired) electrons. The van der Waals surface area contributed by atoms with Crippen LogP contribution in [-0.4, -0.2) is 27.0 Å². The average Bonchev–Trinajstić information content (AvgIpc) is 2.61. The molecule has 86 valence electrons. The summed E-state index contributed by atoms with van der Waals surface area (Å²) in [6.07, 6.45) is 4.53. The first-order chi connectivity index (χ1) is 7.79. The van der Waals surface area contributed by atoms with Crippen molar-refractivity contribution in [3.8, 4) is 0 Å². The lowest BCUT2D eigenvalue weighted by atomic mass is 10.3. The monoisotopic (exact) mass is 256 g/mol. The lowest BCUT2D eigenvalue weighted by Crippen LogP contribution is -2.27. The number of halogens is 1. The van der Waals surface area contributed by atoms with Gasteiger partial charge in [-0.05, 0) is 25.1 Å². The van der Waals surface area contributed by atoms with Gasteiger partial charge in [0, 0.05) is 12.4 Å². The van der Waals surface area contributed by atoms with Crippen LogP contribution in [-0.2, 0) is 6.54 Å². The highest BCUT2D eigenvalue weighted by Gasteiger charge is 2.24. The van der Waals surface area contributed by atoms with Crippen molar-refractivity contribution in [2.75, 3.05) is 6.54 Å². The van der Waals surface area contributed by atoms with Crippen molar-refractivity contribution in [1.29, 1.82) is 0 Å². The molecule has 1 aromatic heterocycles. The Kier molecular flexibility index (Phi) is 4.04. The van der Waals surface area contributed by atoms with Gasteiger partial charge < -0.3 is 10.6 Å². The van der Waals surface area contributed by atoms with Crippen molar-refractivity contribution in [3.63, 3.8) is 0 Å². The van der Waals surface area contributed by atoms with Crippen LogP contribution in [0.15, 0.2) is 28.9 Å². The van der Waals surface area contributed by atoms with Crippen LogP contribution < -0.4 is 5.73 Å². The fraction of sp³-hybridized carbons (Fsp3) is 0.400. The molecule has 0 aliphatic carbocycles. The van der Waals surface area contributed by atoms with Crippen LogP contribution in [0.4, 0.5) is 0 Å². The highest BCUT2D eigenvalue weighted by atomic mass is 35.5. The zero-order valence-corrected chi connectivity index (χ0v) is 10.3. The molecule has 1 aliphatic rings. The lowest BCUT2D eigenvalue weighted by Gasteiger charge is -2.23. The minimum atomic E-state index is 0.319. The summed E-state index contributed by atoms with van der Waals surface area (Å²) in [6.45, 7) is 1.38. The molecule has 0 saturated carbocycles. The van der Waals surface area contributed by atoms with Gasteiger partial charge in [-0.3, -0.25) is 0 Å². The summed E-state index contributed by atoms with van der Waals surface area (Å²) < 4.78 is 0.808. The van der Waals surface area contributed by atoms with Gasteiger partial charge in [-0.25, -0.2) is 0 Å². The van der Waals surface area contributed by atoms with Gasteiger partial charge in [-0.15, -0.1) is 0 Å². The minimum Gasteiger partial charge on any atom is -0.357 e. The molecule has 6 heteroatoms. The molecule has 1 aromatic rings. The molecule has 16 heavy (non-hydrogen) atoms. The molecule has 0 fully saturated rings. The maximum Gasteiger partial charge on any atom is 0.0914 e. The number of hydrogen-bond acceptors (Lipinski definition) is 5. The summed E-state index contributed by atoms with van der Waals surface area (Å²) in [5, 5.41) is 8.23. The Bertz CT molecular complexity index is 370. The van der Waals surface area contributed by atoms with Gasteiger partial charge in [0.1, 0.15) is 0 Å². The predicted octanol–water partition coefficient (Wildman–Crippen LogP) is 1.74. The number of nitrogens with zero attached hydrogens (tertiary/aromatic N) is 3. The number of aromatic nitrogens is 2. The van der Waals surface area contributed by atoms with Crippen LogP contribution in [0, 0.1) is 0 Å². The van der Waals surface area contributed by atoms with Crippen LogP contribution >= 0.6 is 23.4 Å². The SMILES string of the molecule is NCCC1SC(Cl)=CN1Cc1cccnn1. The van der Waals surface area contributed by atoms with Crippen LogP contribution in [0.1, 0.15) is 12.1 Å². The molecule has 0 spiro atoms. The molecule has 1 aliphatic heterocycles. The zero-order valence-electron chi connectivity index (χ0n) is 8.71. The molecule has 2 N–H and O–H groups in total. The van der Waals surface area contributed by atoms with Crippen LogP contribution in [0.3, 0.4) is 0 Å². The van der Waals surface area contributed by atoms with E-state index < -0.39 is 0 Å². The fourth-order valence-electron chi connectivity index (χ4n) is 1.56. The van der Waals surface area contributed by atoms with E-state index in [1.54, 1.807) is 18.0 Å². The molecule has 0 saturated heterocycles. The first kappa shape index (κ1) is 11.7. The summed E-state index contributed by atoms with van der Waals surface area (Å²) in [6, 6.07) is 3.84. The smallest absolute Gasteiger partial charge is 0.0914 e. The lowest BCUT2D eigenvalue weighted by molar-refractivity contribution is 0.338. The van der Waals surface area contributed by atoms with Crippen LogP contribution in [0.5, 0.6) is 0 Å². The van der Waals surface area contributed by atoms with Crippen molar-refractivity contribution < 1.29 is 0 Å². The Morgan fingerprint density at radius 1 is 1.56 bits per heavy atom. The van der Waals surface area contributed by atoms with Gasteiger partial charge in [0.05, 0.1) is 22.0 Å². The molecular formula is C10H13ClN4S. The molecule has 0 aromatic carbocycles. The second-order valence-corrected chi connectivity index (χ2v) is 5.32. The van der Waals surface area contributed by atoms with Gasteiger partial charge in [0.2, 0.25) is 0 Å². The molecular weight excluding hydrogens is 244 g/mol. The van der Waals surface area contributed by atoms with Crippen molar-refractivity contribution in [2.45, 2.75) is 18.3 Å². The topological polar surface area (TPSA) is 55.0 Å². The quantitative estimate of drug-likeness (QED) is 0.889. The Labute approximate surface area is 104 Å². The summed E-state index contributed by atoms with van der Waals surface area (Å²) in [5.41, 5.74) is 6.51. The van der Waals surface area contributed by atoms with E-state index >= 15 is 0 Å². The van der Waals surface area contributed by atoms with Crippen molar-refractivity contribution in [3.05, 3.63) is 34.6 Å². The first-order valence-electron chi connectivity index (χ1n) is 5.06. The third-order valence-corrected chi connectivity index (χ3v) is 3.75. The van der Waals surface area contributed by atoms with Gasteiger partial charge in [-0.1, -0.05) is 23.4 Å². The maximum atomic E-state index is 6.01. The Hall–Kier alpha value is -0.780. The number of hydrogen-bond donors (Lipinski definition) is 1. The molecule has 0 amide bonds. The number of thioether (sulfide) groups is 1. The fourth-order valence-corrected chi connectivity index (χ4v) is 2.98. The average molecular weight is 257 g/mol. The van der Waals surface area contributed by atoms with Gasteiger partial charge in [0.25, 0.3) is 0 Å². The summed E-state index contributed by atoms with van der Waals surface area (Å²) in [7, 11) is 0. The van der Waals surface area contributed by atoms with Crippen molar-refractivity contribution >= 4 is 23.4 Å². The molecule has 1 atom stereocenters. The normalized spacial score (nSPS) is 20.0. The first-order valence-corrected chi connectivity index (χ1v) is 6.31. The van der Waals surface area contributed by atoms with E-state index in [1.807, 2.05) is 18.3 Å². The van der Waals surface area contributed by atoms with E-state index in [9.17, 15) is 0 Å². The number of rotatable bonds is 4. The summed E-state index contributed by atoms with van der Waals surface area (Å²) in [5.74, 6) is 0. The minimum absolute atomic E-state index is 0.319. The Morgan fingerprint density at radius 3 is 3.12 bits per heavy atom. The Morgan fingerprint density at radius 2 is 2.44 bits per heavy atom. The molecule has 0 bridgehead atoms. The summed E-state index contributed by atoms with van der Waals surface area (Å²) in [4.78, 5) is 2.16. The number of nitrogens with two attached hydrogens (primary N) is 1. The van der Waals surface area contributed by atoms with Gasteiger partial charge >= 0.3 is 0 Å². The third kappa shape index (κ3) is 2.87. The van der Waals surface area contributed by atoms with Gasteiger partial charge in [0.15, 0.2) is 0 Å². The third-order valence-electron chi connectivity index (χ3n) is 2.27. The van der Waals surface area contributed by atoms with E-state index in [0.717, 1.165) is 23.0 Å². The highest BCUT2D eigenvalue weighted by Crippen LogP contribution is 2.37. The molecule has 1 unspecified atom stereocenters. The van der Waals surface area contributed by atoms with E-state index in [4.69, 9.17) is 17.3 Å². The van der Waals surface area contributed by atoms with Crippen LogP contribution in [0.25, 0.3) is 0 Å². The zero-order chi connectivity index (χ0) is 11.4. The Balaban J connectivity index is 2.02. The summed E-state index contributed by atoms with van der Waals surface area (Å²) >= 11 is 7.65. The van der Waals surface area contributed by atoms with E-state index in [0.29, 0.717) is 11.9 Å². The highest BCUT2D eigenvalue weighted by molar-refractivity contribution is 8.05. The maximum absolute atomic E-state index is 6.01. The molecule has 2 heterocycles. The van der Waals surface area contributed by atoms with Crippen molar-refractivity contribution in [2.24, 2.45) is 5.73 Å². The van der Waals surface area contributed by atoms with E-state index in [2.05, 4.69) is 15.1 Å². The van der Waals surface area contributed by atoms with Crippen LogP contribution in [0.2, 0.25) is 0 Å². The second kappa shape index (κ2) is 5.52. The second-order valence-electron chi connectivity index (χ2n) is 3.47. The standard InChI is InChI=1S/C10H13ClN4S/c11-9-7-15(10(16-9)3-4-12)6-8-2-1-5-13-14-8/h1-2,5,7,10H,3-4,6,12H2. The van der Waals surface area contributed by atoms with E-state index in [1.165, 1.54) is 0 Å². The van der Waals surface area contributed by atoms with Crippen molar-refractivity contribution in [1.82, 2.24) is 15.1 Å². The molecule has 4 nitrogen and oxygen atoms in total.